The van der Waals surface area contributed by atoms with Crippen LogP contribution < -0.4 is 4.74 Å². The number of ketones is 1. The van der Waals surface area contributed by atoms with E-state index >= 15 is 0 Å². The van der Waals surface area contributed by atoms with Gasteiger partial charge in [-0.05, 0) is 24.6 Å². The highest BCUT2D eigenvalue weighted by molar-refractivity contribution is 6.46. The van der Waals surface area contributed by atoms with Gasteiger partial charge in [-0.25, -0.2) is 0 Å². The number of hydrogen-bond donors (Lipinski definition) is 3. The summed E-state index contributed by atoms with van der Waals surface area (Å²) in [7, 11) is 0. The summed E-state index contributed by atoms with van der Waals surface area (Å²) in [5.41, 5.74) is -0.191. The Kier molecular flexibility index (Phi) is 7.82. The average Bonchev–Trinajstić information content (AvgIpc) is 3.08. The molecule has 0 aliphatic carbocycles. The lowest BCUT2D eigenvalue weighted by Crippen LogP contribution is -2.33. The van der Waals surface area contributed by atoms with Crippen molar-refractivity contribution in [3.8, 4) is 11.5 Å². The summed E-state index contributed by atoms with van der Waals surface area (Å²) in [6, 6.07) is 8.29. The van der Waals surface area contributed by atoms with E-state index in [-0.39, 0.29) is 61.3 Å². The zero-order valence-corrected chi connectivity index (χ0v) is 18.3. The Morgan fingerprint density at radius 3 is 2.62 bits per heavy atom. The number of carbonyl (C=O) groups excluding carboxylic acids is 2. The van der Waals surface area contributed by atoms with Crippen LogP contribution >= 0.6 is 0 Å². The molecule has 3 N–H and O–H groups in total. The van der Waals surface area contributed by atoms with E-state index in [9.17, 15) is 29.9 Å². The fraction of sp³-hybridized carbons (Fsp3) is 0.304. The number of nitro benzene ring substituents is 1. The number of ether oxygens (including phenoxy) is 2. The van der Waals surface area contributed by atoms with Crippen LogP contribution in [0.15, 0.2) is 48.0 Å². The number of aliphatic hydroxyl groups is 2. The van der Waals surface area contributed by atoms with E-state index in [4.69, 9.17) is 14.6 Å². The Hall–Kier alpha value is -3.96. The molecule has 0 bridgehead atoms. The van der Waals surface area contributed by atoms with Crippen molar-refractivity contribution in [2.75, 3.05) is 33.0 Å². The molecule has 0 saturated carbocycles. The highest BCUT2D eigenvalue weighted by Gasteiger charge is 2.46. The summed E-state index contributed by atoms with van der Waals surface area (Å²) >= 11 is 0. The molecule has 180 valence electrons. The van der Waals surface area contributed by atoms with Crippen LogP contribution in [0.1, 0.15) is 24.1 Å². The van der Waals surface area contributed by atoms with Gasteiger partial charge in [-0.1, -0.05) is 18.2 Å². The maximum atomic E-state index is 13.0. The minimum atomic E-state index is -1.07. The monoisotopic (exact) mass is 472 g/mol. The molecule has 34 heavy (non-hydrogen) atoms. The van der Waals surface area contributed by atoms with Crippen molar-refractivity contribution in [1.29, 1.82) is 0 Å². The third kappa shape index (κ3) is 5.00. The number of benzene rings is 2. The molecule has 0 spiro atoms. The summed E-state index contributed by atoms with van der Waals surface area (Å²) in [5, 5.41) is 41.2. The molecule has 2 aromatic rings. The second-order valence-corrected chi connectivity index (χ2v) is 7.30. The first-order valence-corrected chi connectivity index (χ1v) is 10.5. The van der Waals surface area contributed by atoms with Gasteiger partial charge < -0.3 is 29.7 Å². The van der Waals surface area contributed by atoms with Gasteiger partial charge >= 0.3 is 0 Å². The first-order valence-electron chi connectivity index (χ1n) is 10.5. The van der Waals surface area contributed by atoms with E-state index in [2.05, 4.69) is 0 Å². The quantitative estimate of drug-likeness (QED) is 0.118. The lowest BCUT2D eigenvalue weighted by atomic mass is 9.95. The van der Waals surface area contributed by atoms with Gasteiger partial charge in [-0.3, -0.25) is 19.7 Å². The van der Waals surface area contributed by atoms with Crippen molar-refractivity contribution < 1.29 is 39.3 Å². The molecule has 0 radical (unpaired) electrons. The van der Waals surface area contributed by atoms with Gasteiger partial charge in [-0.15, -0.1) is 0 Å². The number of hydrogen-bond acceptors (Lipinski definition) is 9. The molecule has 1 aliphatic heterocycles. The van der Waals surface area contributed by atoms with Crippen LogP contribution in [0, 0.1) is 10.1 Å². The van der Waals surface area contributed by atoms with Gasteiger partial charge in [-0.2, -0.15) is 0 Å². The summed E-state index contributed by atoms with van der Waals surface area (Å²) in [6.45, 7) is 1.77. The van der Waals surface area contributed by atoms with Crippen LogP contribution in [0.25, 0.3) is 5.76 Å². The number of aromatic hydroxyl groups is 1. The van der Waals surface area contributed by atoms with Crippen molar-refractivity contribution >= 4 is 23.1 Å². The molecule has 1 unspecified atom stereocenters. The van der Waals surface area contributed by atoms with E-state index in [0.717, 1.165) is 6.07 Å². The first-order chi connectivity index (χ1) is 16.3. The van der Waals surface area contributed by atoms with E-state index in [1.807, 2.05) is 0 Å². The van der Waals surface area contributed by atoms with Crippen LogP contribution in [-0.4, -0.2) is 69.8 Å². The standard InChI is InChI=1S/C23H24N2O9/c1-2-34-18-13-14(6-7-17(18)27)20-19(21(28)15-4-3-5-16(12-15)25(31)32)22(29)23(30)24(20)8-10-33-11-9-26/h3-7,12-13,20,26-28H,2,8-11H2,1H3/b21-19-. The van der Waals surface area contributed by atoms with Crippen LogP contribution in [-0.2, 0) is 14.3 Å². The zero-order chi connectivity index (χ0) is 24.8. The number of nitrogens with zero attached hydrogens (tertiary/aromatic N) is 2. The number of rotatable bonds is 10. The summed E-state index contributed by atoms with van der Waals surface area (Å²) in [6.07, 6.45) is 0. The molecule has 1 amide bonds. The van der Waals surface area contributed by atoms with Gasteiger partial charge in [0.1, 0.15) is 5.76 Å². The Morgan fingerprint density at radius 1 is 1.18 bits per heavy atom. The van der Waals surface area contributed by atoms with Crippen molar-refractivity contribution in [2.45, 2.75) is 13.0 Å². The minimum Gasteiger partial charge on any atom is -0.507 e. The minimum absolute atomic E-state index is 0.00228. The second-order valence-electron chi connectivity index (χ2n) is 7.30. The molecular weight excluding hydrogens is 448 g/mol. The molecule has 0 aromatic heterocycles. The molecule has 1 aliphatic rings. The number of non-ortho nitro benzene ring substituents is 1. The van der Waals surface area contributed by atoms with Crippen LogP contribution in [0.3, 0.4) is 0 Å². The summed E-state index contributed by atoms with van der Waals surface area (Å²) in [5.74, 6) is -2.46. The SMILES string of the molecule is CCOc1cc(C2/C(=C(/O)c3cccc([N+](=O)[O-])c3)C(=O)C(=O)N2CCOCCO)ccc1O. The summed E-state index contributed by atoms with van der Waals surface area (Å²) in [4.78, 5) is 37.6. The largest absolute Gasteiger partial charge is 0.507 e. The van der Waals surface area contributed by atoms with Gasteiger partial charge in [0.25, 0.3) is 17.4 Å². The van der Waals surface area contributed by atoms with Crippen molar-refractivity contribution in [2.24, 2.45) is 0 Å². The van der Waals surface area contributed by atoms with Crippen molar-refractivity contribution in [3.05, 3.63) is 69.3 Å². The third-order valence-corrected chi connectivity index (χ3v) is 5.18. The van der Waals surface area contributed by atoms with E-state index < -0.39 is 28.4 Å². The lowest BCUT2D eigenvalue weighted by Gasteiger charge is -2.25. The predicted molar refractivity (Wildman–Crippen MR) is 119 cm³/mol. The van der Waals surface area contributed by atoms with Crippen LogP contribution in [0.2, 0.25) is 0 Å². The molecule has 3 rings (SSSR count). The molecule has 2 aromatic carbocycles. The molecule has 1 fully saturated rings. The number of nitro groups is 1. The van der Waals surface area contributed by atoms with Gasteiger partial charge in [0.15, 0.2) is 11.5 Å². The smallest absolute Gasteiger partial charge is 0.295 e. The fourth-order valence-corrected chi connectivity index (χ4v) is 3.68. The number of carbonyl (C=O) groups is 2. The Balaban J connectivity index is 2.14. The van der Waals surface area contributed by atoms with Crippen LogP contribution in [0.4, 0.5) is 5.69 Å². The number of likely N-dealkylation sites (tertiary alicyclic amines) is 1. The highest BCUT2D eigenvalue weighted by Crippen LogP contribution is 2.41. The van der Waals surface area contributed by atoms with Gasteiger partial charge in [0.05, 0.1) is 43.0 Å². The molecule has 1 heterocycles. The third-order valence-electron chi connectivity index (χ3n) is 5.18. The molecule has 1 atom stereocenters. The van der Waals surface area contributed by atoms with Crippen molar-refractivity contribution in [1.82, 2.24) is 4.90 Å². The van der Waals surface area contributed by atoms with E-state index in [1.165, 1.54) is 41.3 Å². The normalized spacial score (nSPS) is 17.2. The molecule has 1 saturated heterocycles. The number of aliphatic hydroxyl groups excluding tert-OH is 2. The second kappa shape index (κ2) is 10.8. The van der Waals surface area contributed by atoms with Crippen LogP contribution in [0.5, 0.6) is 11.5 Å². The van der Waals surface area contributed by atoms with Crippen molar-refractivity contribution in [3.63, 3.8) is 0 Å². The van der Waals surface area contributed by atoms with Gasteiger partial charge in [0.2, 0.25) is 0 Å². The maximum absolute atomic E-state index is 13.0. The zero-order valence-electron chi connectivity index (χ0n) is 18.3. The van der Waals surface area contributed by atoms with E-state index in [0.29, 0.717) is 5.56 Å². The molecule has 11 nitrogen and oxygen atoms in total. The maximum Gasteiger partial charge on any atom is 0.295 e. The van der Waals surface area contributed by atoms with Gasteiger partial charge in [0, 0.05) is 24.2 Å². The lowest BCUT2D eigenvalue weighted by molar-refractivity contribution is -0.384. The number of amides is 1. The molecule has 11 heteroatoms. The highest BCUT2D eigenvalue weighted by atomic mass is 16.6. The summed E-state index contributed by atoms with van der Waals surface area (Å²) < 4.78 is 10.7. The number of phenols is 1. The Morgan fingerprint density at radius 2 is 1.94 bits per heavy atom. The number of Topliss-reactive ketones (excluding diaryl/α,β-unsaturated/α-hetero) is 1. The Bertz CT molecular complexity index is 1130. The topological polar surface area (TPSA) is 160 Å². The molecular formula is C23H24N2O9. The Labute approximate surface area is 194 Å². The van der Waals surface area contributed by atoms with E-state index in [1.54, 1.807) is 6.92 Å². The number of phenolic OH excluding ortho intramolecular Hbond substituents is 1. The predicted octanol–water partition coefficient (Wildman–Crippen LogP) is 2.13. The average molecular weight is 472 g/mol. The first kappa shape index (κ1) is 24.7. The fourth-order valence-electron chi connectivity index (χ4n) is 3.68.